The van der Waals surface area contributed by atoms with Gasteiger partial charge in [0.15, 0.2) is 5.82 Å². The Hall–Kier alpha value is -2.00. The number of rotatable bonds is 1. The predicted octanol–water partition coefficient (Wildman–Crippen LogP) is 5.01. The van der Waals surface area contributed by atoms with Gasteiger partial charge in [-0.3, -0.25) is 0 Å². The summed E-state index contributed by atoms with van der Waals surface area (Å²) in [5.41, 5.74) is 4.22. The first kappa shape index (κ1) is 14.0. The molecular formula is C17H14ClFN2. The van der Waals surface area contributed by atoms with Gasteiger partial charge in [0.05, 0.1) is 5.52 Å². The summed E-state index contributed by atoms with van der Waals surface area (Å²) in [4.78, 5) is 8.91. The van der Waals surface area contributed by atoms with Crippen molar-refractivity contribution in [1.82, 2.24) is 9.97 Å². The van der Waals surface area contributed by atoms with E-state index in [4.69, 9.17) is 11.6 Å². The summed E-state index contributed by atoms with van der Waals surface area (Å²) in [5, 5.41) is 1.02. The van der Waals surface area contributed by atoms with Gasteiger partial charge in [0.25, 0.3) is 0 Å². The van der Waals surface area contributed by atoms with Crippen LogP contribution in [0, 0.1) is 26.6 Å². The molecule has 0 saturated carbocycles. The van der Waals surface area contributed by atoms with Crippen LogP contribution < -0.4 is 0 Å². The van der Waals surface area contributed by atoms with E-state index in [1.165, 1.54) is 6.07 Å². The molecule has 0 aliphatic rings. The number of benzene rings is 2. The molecule has 106 valence electrons. The van der Waals surface area contributed by atoms with Crippen LogP contribution in [-0.2, 0) is 0 Å². The fraction of sp³-hybridized carbons (Fsp3) is 0.176. The van der Waals surface area contributed by atoms with Gasteiger partial charge in [-0.25, -0.2) is 14.4 Å². The minimum absolute atomic E-state index is 0.288. The van der Waals surface area contributed by atoms with Crippen molar-refractivity contribution in [2.75, 3.05) is 0 Å². The smallest absolute Gasteiger partial charge is 0.161 e. The Kier molecular flexibility index (Phi) is 3.38. The monoisotopic (exact) mass is 300 g/mol. The second kappa shape index (κ2) is 5.08. The Morgan fingerprint density at radius 3 is 2.48 bits per heavy atom. The van der Waals surface area contributed by atoms with E-state index in [0.717, 1.165) is 16.7 Å². The van der Waals surface area contributed by atoms with Gasteiger partial charge in [-0.05, 0) is 44.0 Å². The third-order valence-corrected chi connectivity index (χ3v) is 4.14. The highest BCUT2D eigenvalue weighted by Crippen LogP contribution is 2.29. The van der Waals surface area contributed by atoms with Crippen molar-refractivity contribution in [2.45, 2.75) is 20.8 Å². The fourth-order valence-electron chi connectivity index (χ4n) is 2.38. The quantitative estimate of drug-likeness (QED) is 0.590. The van der Waals surface area contributed by atoms with Gasteiger partial charge in [0.1, 0.15) is 11.0 Å². The standard InChI is InChI=1S/C17H14ClFN2/c1-9-5-4-6-12(10(9)2)17-20-15-11(3)14(19)8-7-13(15)16(18)21-17/h4-8H,1-3H3. The molecule has 2 nitrogen and oxygen atoms in total. The van der Waals surface area contributed by atoms with Crippen LogP contribution in [0.3, 0.4) is 0 Å². The minimum atomic E-state index is -0.288. The molecule has 0 fully saturated rings. The van der Waals surface area contributed by atoms with Gasteiger partial charge in [-0.15, -0.1) is 0 Å². The SMILES string of the molecule is Cc1cccc(-c2nc(Cl)c3ccc(F)c(C)c3n2)c1C. The van der Waals surface area contributed by atoms with Gasteiger partial charge in [-0.1, -0.05) is 29.8 Å². The molecule has 1 heterocycles. The number of halogens is 2. The van der Waals surface area contributed by atoms with E-state index >= 15 is 0 Å². The lowest BCUT2D eigenvalue weighted by molar-refractivity contribution is 0.620. The maximum atomic E-state index is 13.8. The number of aryl methyl sites for hydroxylation is 2. The van der Waals surface area contributed by atoms with Crippen molar-refractivity contribution in [3.05, 3.63) is 58.0 Å². The number of hydrogen-bond donors (Lipinski definition) is 0. The summed E-state index contributed by atoms with van der Waals surface area (Å²) in [6, 6.07) is 8.95. The first-order valence-corrected chi connectivity index (χ1v) is 7.06. The topological polar surface area (TPSA) is 25.8 Å². The van der Waals surface area contributed by atoms with E-state index in [1.54, 1.807) is 13.0 Å². The van der Waals surface area contributed by atoms with Crippen LogP contribution >= 0.6 is 11.6 Å². The zero-order chi connectivity index (χ0) is 15.1. The van der Waals surface area contributed by atoms with Gasteiger partial charge in [0.2, 0.25) is 0 Å². The lowest BCUT2D eigenvalue weighted by Crippen LogP contribution is -1.97. The Labute approximate surface area is 127 Å². The van der Waals surface area contributed by atoms with Gasteiger partial charge < -0.3 is 0 Å². The molecule has 0 atom stereocenters. The maximum absolute atomic E-state index is 13.8. The summed E-state index contributed by atoms with van der Waals surface area (Å²) in [6.07, 6.45) is 0. The van der Waals surface area contributed by atoms with Gasteiger partial charge in [0, 0.05) is 16.5 Å². The summed E-state index contributed by atoms with van der Waals surface area (Å²) in [6.45, 7) is 5.75. The van der Waals surface area contributed by atoms with Crippen LogP contribution in [0.1, 0.15) is 16.7 Å². The highest BCUT2D eigenvalue weighted by atomic mass is 35.5. The first-order valence-electron chi connectivity index (χ1n) is 6.68. The van der Waals surface area contributed by atoms with Crippen molar-refractivity contribution in [3.63, 3.8) is 0 Å². The van der Waals surface area contributed by atoms with Crippen molar-refractivity contribution in [1.29, 1.82) is 0 Å². The number of aromatic nitrogens is 2. The first-order chi connectivity index (χ1) is 9.99. The highest BCUT2D eigenvalue weighted by molar-refractivity contribution is 6.34. The molecule has 4 heteroatoms. The van der Waals surface area contributed by atoms with Crippen molar-refractivity contribution >= 4 is 22.5 Å². The van der Waals surface area contributed by atoms with E-state index in [2.05, 4.69) is 9.97 Å². The van der Waals surface area contributed by atoms with E-state index in [9.17, 15) is 4.39 Å². The Morgan fingerprint density at radius 2 is 1.71 bits per heavy atom. The maximum Gasteiger partial charge on any atom is 0.161 e. The minimum Gasteiger partial charge on any atom is -0.227 e. The van der Waals surface area contributed by atoms with Crippen LogP contribution in [0.4, 0.5) is 4.39 Å². The second-order valence-electron chi connectivity index (χ2n) is 5.15. The largest absolute Gasteiger partial charge is 0.227 e. The summed E-state index contributed by atoms with van der Waals surface area (Å²) in [7, 11) is 0. The average Bonchev–Trinajstić information content (AvgIpc) is 2.46. The van der Waals surface area contributed by atoms with Crippen molar-refractivity contribution < 1.29 is 4.39 Å². The summed E-state index contributed by atoms with van der Waals surface area (Å²) < 4.78 is 13.8. The van der Waals surface area contributed by atoms with Crippen molar-refractivity contribution in [3.8, 4) is 11.4 Å². The van der Waals surface area contributed by atoms with E-state index < -0.39 is 0 Å². The zero-order valence-corrected chi connectivity index (χ0v) is 12.8. The van der Waals surface area contributed by atoms with Crippen LogP contribution in [0.5, 0.6) is 0 Å². The molecule has 0 spiro atoms. The van der Waals surface area contributed by atoms with Gasteiger partial charge in [-0.2, -0.15) is 0 Å². The molecular weight excluding hydrogens is 287 g/mol. The van der Waals surface area contributed by atoms with Crippen LogP contribution in [0.25, 0.3) is 22.3 Å². The molecule has 21 heavy (non-hydrogen) atoms. The van der Waals surface area contributed by atoms with Gasteiger partial charge >= 0.3 is 0 Å². The molecule has 0 saturated heterocycles. The van der Waals surface area contributed by atoms with Crippen LogP contribution in [-0.4, -0.2) is 9.97 Å². The molecule has 0 N–H and O–H groups in total. The van der Waals surface area contributed by atoms with E-state index in [1.807, 2.05) is 32.0 Å². The molecule has 0 aliphatic heterocycles. The molecule has 0 unspecified atom stereocenters. The molecule has 0 radical (unpaired) electrons. The average molecular weight is 301 g/mol. The third-order valence-electron chi connectivity index (χ3n) is 3.85. The molecule has 3 rings (SSSR count). The highest BCUT2D eigenvalue weighted by Gasteiger charge is 2.13. The fourth-order valence-corrected chi connectivity index (χ4v) is 2.62. The van der Waals surface area contributed by atoms with E-state index in [0.29, 0.717) is 27.4 Å². The molecule has 0 aliphatic carbocycles. The number of fused-ring (bicyclic) bond motifs is 1. The van der Waals surface area contributed by atoms with Crippen LogP contribution in [0.2, 0.25) is 5.15 Å². The van der Waals surface area contributed by atoms with E-state index in [-0.39, 0.29) is 5.82 Å². The Bertz CT molecular complexity index is 859. The zero-order valence-electron chi connectivity index (χ0n) is 12.0. The lowest BCUT2D eigenvalue weighted by Gasteiger charge is -2.10. The summed E-state index contributed by atoms with van der Waals surface area (Å²) in [5.74, 6) is 0.242. The molecule has 1 aromatic heterocycles. The lowest BCUT2D eigenvalue weighted by atomic mass is 10.0. The number of hydrogen-bond acceptors (Lipinski definition) is 2. The normalized spacial score (nSPS) is 11.1. The van der Waals surface area contributed by atoms with Crippen LogP contribution in [0.15, 0.2) is 30.3 Å². The molecule has 0 amide bonds. The molecule has 2 aromatic carbocycles. The molecule has 0 bridgehead atoms. The Morgan fingerprint density at radius 1 is 0.952 bits per heavy atom. The Balaban J connectivity index is 2.35. The second-order valence-corrected chi connectivity index (χ2v) is 5.51. The third kappa shape index (κ3) is 2.28. The number of nitrogens with zero attached hydrogens (tertiary/aromatic N) is 2. The molecule has 3 aromatic rings. The van der Waals surface area contributed by atoms with Crippen molar-refractivity contribution in [2.24, 2.45) is 0 Å². The predicted molar refractivity (Wildman–Crippen MR) is 84.2 cm³/mol. The summed E-state index contributed by atoms with van der Waals surface area (Å²) >= 11 is 6.25.